The molecule has 0 radical (unpaired) electrons. The van der Waals surface area contributed by atoms with Crippen molar-refractivity contribution in [1.82, 2.24) is 14.5 Å². The number of nitrogens with zero attached hydrogens (tertiary/aromatic N) is 3. The molecule has 1 N–H and O–H groups in total. The smallest absolute Gasteiger partial charge is 0.314 e. The normalized spacial score (nSPS) is 11.8. The maximum atomic E-state index is 13.8. The van der Waals surface area contributed by atoms with Gasteiger partial charge in [-0.2, -0.15) is 0 Å². The molecule has 1 atom stereocenters. The Morgan fingerprint density at radius 1 is 0.949 bits per heavy atom. The molecule has 7 heteroatoms. The number of nitrogens with one attached hydrogen (secondary N) is 1. The summed E-state index contributed by atoms with van der Waals surface area (Å²) in [5.74, 6) is 0.500. The average molecular weight is 582 g/mol. The van der Waals surface area contributed by atoms with E-state index in [1.807, 2.05) is 111 Å². The number of benzene rings is 4. The van der Waals surface area contributed by atoms with Gasteiger partial charge in [0.15, 0.2) is 0 Å². The molecule has 39 heavy (non-hydrogen) atoms. The van der Waals surface area contributed by atoms with Crippen molar-refractivity contribution in [3.8, 4) is 5.69 Å². The predicted molar refractivity (Wildman–Crippen MR) is 161 cm³/mol. The predicted octanol–water partition coefficient (Wildman–Crippen LogP) is 7.29. The van der Waals surface area contributed by atoms with Crippen molar-refractivity contribution in [2.45, 2.75) is 26.3 Å². The molecular formula is C32H29BrN4O2. The van der Waals surface area contributed by atoms with Crippen LogP contribution in [-0.4, -0.2) is 27.0 Å². The number of amides is 2. The molecule has 1 unspecified atom stereocenters. The van der Waals surface area contributed by atoms with E-state index in [1.165, 1.54) is 0 Å². The molecule has 2 amide bonds. The number of halogens is 1. The van der Waals surface area contributed by atoms with E-state index in [4.69, 9.17) is 4.98 Å². The molecule has 1 aromatic heterocycles. The molecule has 4 aromatic carbocycles. The quantitative estimate of drug-likeness (QED) is 0.220. The van der Waals surface area contributed by atoms with Crippen molar-refractivity contribution < 1.29 is 4.79 Å². The Labute approximate surface area is 236 Å². The minimum absolute atomic E-state index is 0.165. The van der Waals surface area contributed by atoms with Crippen LogP contribution < -0.4 is 10.9 Å². The Balaban J connectivity index is 1.60. The van der Waals surface area contributed by atoms with Crippen molar-refractivity contribution in [2.24, 2.45) is 0 Å². The van der Waals surface area contributed by atoms with Crippen LogP contribution in [0.5, 0.6) is 0 Å². The van der Waals surface area contributed by atoms with Gasteiger partial charge in [0.1, 0.15) is 5.82 Å². The van der Waals surface area contributed by atoms with Crippen molar-refractivity contribution >= 4 is 38.6 Å². The molecule has 0 saturated heterocycles. The summed E-state index contributed by atoms with van der Waals surface area (Å²) in [7, 11) is 0. The van der Waals surface area contributed by atoms with Crippen LogP contribution in [0.2, 0.25) is 0 Å². The minimum Gasteiger partial charge on any atom is -0.314 e. The summed E-state index contributed by atoms with van der Waals surface area (Å²) < 4.78 is 2.50. The van der Waals surface area contributed by atoms with E-state index >= 15 is 0 Å². The fourth-order valence-electron chi connectivity index (χ4n) is 4.64. The van der Waals surface area contributed by atoms with Gasteiger partial charge in [-0.05, 0) is 68.3 Å². The van der Waals surface area contributed by atoms with Gasteiger partial charge in [-0.1, -0.05) is 82.2 Å². The van der Waals surface area contributed by atoms with Crippen LogP contribution in [0.15, 0.2) is 112 Å². The van der Waals surface area contributed by atoms with Gasteiger partial charge in [0, 0.05) is 16.7 Å². The monoisotopic (exact) mass is 580 g/mol. The highest BCUT2D eigenvalue weighted by molar-refractivity contribution is 9.10. The van der Waals surface area contributed by atoms with Gasteiger partial charge in [-0.25, -0.2) is 9.78 Å². The van der Waals surface area contributed by atoms with Crippen molar-refractivity contribution in [2.75, 3.05) is 11.9 Å². The lowest BCUT2D eigenvalue weighted by atomic mass is 10.1. The van der Waals surface area contributed by atoms with Gasteiger partial charge >= 0.3 is 6.03 Å². The molecule has 5 aromatic rings. The summed E-state index contributed by atoms with van der Waals surface area (Å²) in [4.78, 5) is 34.3. The average Bonchev–Trinajstić information content (AvgIpc) is 2.94. The van der Waals surface area contributed by atoms with Crippen molar-refractivity contribution in [3.63, 3.8) is 0 Å². The van der Waals surface area contributed by atoms with Crippen LogP contribution in [0, 0.1) is 6.92 Å². The summed E-state index contributed by atoms with van der Waals surface area (Å²) in [5, 5.41) is 3.56. The Hall–Kier alpha value is -4.23. The van der Waals surface area contributed by atoms with Gasteiger partial charge < -0.3 is 10.2 Å². The number of aryl methyl sites for hydroxylation is 1. The maximum Gasteiger partial charge on any atom is 0.322 e. The molecule has 0 spiro atoms. The number of carbonyl (C=O) groups excluding carboxylic acids is 1. The molecule has 0 aliphatic rings. The van der Waals surface area contributed by atoms with E-state index in [-0.39, 0.29) is 11.6 Å². The highest BCUT2D eigenvalue weighted by atomic mass is 79.9. The Bertz CT molecular complexity index is 1670. The van der Waals surface area contributed by atoms with E-state index in [0.717, 1.165) is 15.6 Å². The summed E-state index contributed by atoms with van der Waals surface area (Å²) in [6.45, 7) is 4.36. The van der Waals surface area contributed by atoms with Gasteiger partial charge in [-0.15, -0.1) is 0 Å². The molecule has 6 nitrogen and oxygen atoms in total. The van der Waals surface area contributed by atoms with E-state index < -0.39 is 6.04 Å². The van der Waals surface area contributed by atoms with Crippen LogP contribution in [0.3, 0.4) is 0 Å². The van der Waals surface area contributed by atoms with E-state index in [9.17, 15) is 9.59 Å². The second-order valence-corrected chi connectivity index (χ2v) is 10.4. The standard InChI is InChI=1S/C32H29BrN4O2/c1-22-15-17-27(18-16-22)37-30(35-29-14-7-6-13-28(29)31(37)38)23(2)36(20-19-24-9-4-3-5-10-24)32(39)34-26-12-8-11-25(33)21-26/h3-18,21,23H,19-20H2,1-2H3,(H,34,39). The summed E-state index contributed by atoms with van der Waals surface area (Å²) in [6.07, 6.45) is 0.652. The van der Waals surface area contributed by atoms with Gasteiger partial charge in [0.05, 0.1) is 22.6 Å². The first-order valence-corrected chi connectivity index (χ1v) is 13.7. The number of aromatic nitrogens is 2. The molecule has 0 fully saturated rings. The fourth-order valence-corrected chi connectivity index (χ4v) is 5.04. The van der Waals surface area contributed by atoms with Crippen molar-refractivity contribution in [3.05, 3.63) is 135 Å². The zero-order valence-corrected chi connectivity index (χ0v) is 23.4. The molecule has 0 saturated carbocycles. The zero-order valence-electron chi connectivity index (χ0n) is 21.8. The fraction of sp³-hybridized carbons (Fsp3) is 0.156. The third-order valence-corrected chi connectivity index (χ3v) is 7.25. The number of hydrogen-bond acceptors (Lipinski definition) is 3. The lowest BCUT2D eigenvalue weighted by Gasteiger charge is -2.31. The molecule has 0 aliphatic heterocycles. The lowest BCUT2D eigenvalue weighted by Crippen LogP contribution is -2.41. The lowest BCUT2D eigenvalue weighted by molar-refractivity contribution is 0.190. The molecule has 0 bridgehead atoms. The molecule has 196 valence electrons. The first-order chi connectivity index (χ1) is 18.9. The number of hydrogen-bond donors (Lipinski definition) is 1. The maximum absolute atomic E-state index is 13.8. The summed E-state index contributed by atoms with van der Waals surface area (Å²) >= 11 is 3.47. The number of para-hydroxylation sites is 1. The molecule has 0 aliphatic carbocycles. The Morgan fingerprint density at radius 3 is 2.41 bits per heavy atom. The van der Waals surface area contributed by atoms with Crippen LogP contribution in [0.4, 0.5) is 10.5 Å². The van der Waals surface area contributed by atoms with Crippen LogP contribution in [0.25, 0.3) is 16.6 Å². The Kier molecular flexibility index (Phi) is 7.89. The second kappa shape index (κ2) is 11.7. The third-order valence-electron chi connectivity index (χ3n) is 6.76. The van der Waals surface area contributed by atoms with Crippen LogP contribution >= 0.6 is 15.9 Å². The van der Waals surface area contributed by atoms with Gasteiger partial charge in [0.2, 0.25) is 0 Å². The number of urea groups is 1. The van der Waals surface area contributed by atoms with Crippen LogP contribution in [0.1, 0.15) is 29.9 Å². The van der Waals surface area contributed by atoms with Gasteiger partial charge in [-0.3, -0.25) is 9.36 Å². The van der Waals surface area contributed by atoms with E-state index in [0.29, 0.717) is 41.1 Å². The minimum atomic E-state index is -0.514. The Morgan fingerprint density at radius 2 is 1.67 bits per heavy atom. The SMILES string of the molecule is Cc1ccc(-n2c(C(C)N(CCc3ccccc3)C(=O)Nc3cccc(Br)c3)nc3ccccc3c2=O)cc1. The summed E-state index contributed by atoms with van der Waals surface area (Å²) in [5.41, 5.74) is 4.03. The van der Waals surface area contributed by atoms with E-state index in [1.54, 1.807) is 15.5 Å². The number of anilines is 1. The number of carbonyl (C=O) groups is 1. The zero-order chi connectivity index (χ0) is 27.4. The highest BCUT2D eigenvalue weighted by Gasteiger charge is 2.27. The third kappa shape index (κ3) is 5.94. The largest absolute Gasteiger partial charge is 0.322 e. The molecular weight excluding hydrogens is 552 g/mol. The first kappa shape index (κ1) is 26.4. The van der Waals surface area contributed by atoms with Gasteiger partial charge in [0.25, 0.3) is 5.56 Å². The van der Waals surface area contributed by atoms with Crippen molar-refractivity contribution in [1.29, 1.82) is 0 Å². The van der Waals surface area contributed by atoms with E-state index in [2.05, 4.69) is 21.2 Å². The molecule has 1 heterocycles. The second-order valence-electron chi connectivity index (χ2n) is 9.51. The number of rotatable bonds is 7. The number of fused-ring (bicyclic) bond motifs is 1. The highest BCUT2D eigenvalue weighted by Crippen LogP contribution is 2.25. The molecule has 5 rings (SSSR count). The summed E-state index contributed by atoms with van der Waals surface area (Å²) in [6, 6.07) is 31.9. The topological polar surface area (TPSA) is 67.2 Å². The van der Waals surface area contributed by atoms with Crippen LogP contribution in [-0.2, 0) is 6.42 Å². The first-order valence-electron chi connectivity index (χ1n) is 12.9.